The summed E-state index contributed by atoms with van der Waals surface area (Å²) in [6.07, 6.45) is 1.87. The number of hydrogen-bond donors (Lipinski definition) is 0. The number of thioether (sulfide) groups is 1. The fraction of sp³-hybridized carbons (Fsp3) is 0.167. The maximum atomic E-state index is 13.0. The zero-order valence-corrected chi connectivity index (χ0v) is 19.5. The van der Waals surface area contributed by atoms with E-state index >= 15 is 0 Å². The van der Waals surface area contributed by atoms with Crippen LogP contribution in [0.25, 0.3) is 11.8 Å². The third kappa shape index (κ3) is 4.24. The molecule has 2 heterocycles. The third-order valence-electron chi connectivity index (χ3n) is 5.41. The highest BCUT2D eigenvalue weighted by molar-refractivity contribution is 8.26. The molecule has 1 amide bonds. The number of non-ortho nitro benzene ring substituents is 1. The summed E-state index contributed by atoms with van der Waals surface area (Å²) in [5, 5.41) is 10.9. The fourth-order valence-electron chi connectivity index (χ4n) is 3.71. The van der Waals surface area contributed by atoms with Gasteiger partial charge in [-0.25, -0.2) is 0 Å². The third-order valence-corrected chi connectivity index (χ3v) is 6.79. The van der Waals surface area contributed by atoms with Crippen LogP contribution < -0.4 is 0 Å². The molecule has 1 fully saturated rings. The van der Waals surface area contributed by atoms with E-state index in [0.29, 0.717) is 15.8 Å². The van der Waals surface area contributed by atoms with Crippen molar-refractivity contribution in [3.05, 3.63) is 97.7 Å². The molecule has 6 nitrogen and oxygen atoms in total. The average Bonchev–Trinajstić information content (AvgIpc) is 3.19. The highest BCUT2D eigenvalue weighted by Crippen LogP contribution is 2.35. The molecule has 32 heavy (non-hydrogen) atoms. The van der Waals surface area contributed by atoms with Gasteiger partial charge in [0.15, 0.2) is 0 Å². The summed E-state index contributed by atoms with van der Waals surface area (Å²) < 4.78 is 2.56. The minimum atomic E-state index is -0.414. The molecule has 0 saturated carbocycles. The van der Waals surface area contributed by atoms with Crippen LogP contribution in [0, 0.1) is 30.9 Å². The Kier molecular flexibility index (Phi) is 5.99. The quantitative estimate of drug-likeness (QED) is 0.210. The van der Waals surface area contributed by atoms with E-state index in [0.717, 1.165) is 28.2 Å². The minimum Gasteiger partial charge on any atom is -0.318 e. The normalized spacial score (nSPS) is 15.1. The lowest BCUT2D eigenvalue weighted by Crippen LogP contribution is -2.27. The van der Waals surface area contributed by atoms with Gasteiger partial charge in [-0.15, -0.1) is 0 Å². The summed E-state index contributed by atoms with van der Waals surface area (Å²) in [5.74, 6) is -0.0966. The molecule has 3 aromatic rings. The fourth-order valence-corrected chi connectivity index (χ4v) is 4.95. The number of aryl methyl sites for hydroxylation is 2. The van der Waals surface area contributed by atoms with Crippen molar-refractivity contribution in [2.75, 3.05) is 0 Å². The lowest BCUT2D eigenvalue weighted by atomic mass is 10.1. The Hall–Kier alpha value is -3.23. The number of nitrogens with zero attached hydrogens (tertiary/aromatic N) is 3. The monoisotopic (exact) mass is 463 g/mol. The molecular formula is C24H21N3O3S2. The molecule has 8 heteroatoms. The second-order valence-corrected chi connectivity index (χ2v) is 9.36. The van der Waals surface area contributed by atoms with Crippen molar-refractivity contribution < 1.29 is 9.72 Å². The Morgan fingerprint density at radius 2 is 1.72 bits per heavy atom. The van der Waals surface area contributed by atoms with E-state index in [1.807, 2.05) is 61.7 Å². The van der Waals surface area contributed by atoms with Gasteiger partial charge in [-0.2, -0.15) is 0 Å². The second kappa shape index (κ2) is 8.72. The van der Waals surface area contributed by atoms with Crippen molar-refractivity contribution in [3.63, 3.8) is 0 Å². The smallest absolute Gasteiger partial charge is 0.269 e. The number of nitro benzene ring substituents is 1. The lowest BCUT2D eigenvalue weighted by molar-refractivity contribution is -0.384. The van der Waals surface area contributed by atoms with Crippen molar-refractivity contribution in [1.29, 1.82) is 0 Å². The van der Waals surface area contributed by atoms with Gasteiger partial charge in [-0.05, 0) is 56.2 Å². The number of rotatable bonds is 5. The minimum absolute atomic E-state index is 0.0497. The van der Waals surface area contributed by atoms with Gasteiger partial charge in [-0.3, -0.25) is 19.8 Å². The molecule has 0 atom stereocenters. The first-order chi connectivity index (χ1) is 15.2. The summed E-state index contributed by atoms with van der Waals surface area (Å²) in [4.78, 5) is 25.8. The molecule has 4 rings (SSSR count). The predicted molar refractivity (Wildman–Crippen MR) is 132 cm³/mol. The largest absolute Gasteiger partial charge is 0.318 e. The zero-order chi connectivity index (χ0) is 23.0. The molecule has 0 bridgehead atoms. The first-order valence-electron chi connectivity index (χ1n) is 9.99. The van der Waals surface area contributed by atoms with Crippen LogP contribution in [0.2, 0.25) is 0 Å². The molecule has 0 aliphatic carbocycles. The van der Waals surface area contributed by atoms with Gasteiger partial charge in [0.25, 0.3) is 11.6 Å². The summed E-state index contributed by atoms with van der Waals surface area (Å²) in [6.45, 7) is 6.41. The van der Waals surface area contributed by atoms with Crippen LogP contribution in [0.1, 0.15) is 28.1 Å². The van der Waals surface area contributed by atoms with E-state index in [1.165, 1.54) is 29.5 Å². The van der Waals surface area contributed by atoms with Crippen molar-refractivity contribution in [1.82, 2.24) is 9.47 Å². The molecule has 1 aliphatic rings. The molecular weight excluding hydrogens is 442 g/mol. The Labute approximate surface area is 195 Å². The number of nitro groups is 1. The number of hydrogen-bond acceptors (Lipinski definition) is 5. The van der Waals surface area contributed by atoms with Gasteiger partial charge in [0.2, 0.25) is 0 Å². The van der Waals surface area contributed by atoms with Gasteiger partial charge in [0.1, 0.15) is 4.32 Å². The summed E-state index contributed by atoms with van der Waals surface area (Å²) in [5.41, 5.74) is 5.91. The molecule has 0 unspecified atom stereocenters. The second-order valence-electron chi connectivity index (χ2n) is 7.69. The van der Waals surface area contributed by atoms with Gasteiger partial charge in [-0.1, -0.05) is 53.8 Å². The predicted octanol–water partition coefficient (Wildman–Crippen LogP) is 5.71. The average molecular weight is 464 g/mol. The molecule has 1 saturated heterocycles. The van der Waals surface area contributed by atoms with Crippen molar-refractivity contribution in [2.45, 2.75) is 27.3 Å². The number of benzene rings is 2. The Morgan fingerprint density at radius 1 is 1.06 bits per heavy atom. The van der Waals surface area contributed by atoms with E-state index < -0.39 is 4.92 Å². The van der Waals surface area contributed by atoms with Crippen LogP contribution in [0.4, 0.5) is 5.69 Å². The van der Waals surface area contributed by atoms with Crippen molar-refractivity contribution in [2.24, 2.45) is 0 Å². The van der Waals surface area contributed by atoms with E-state index in [2.05, 4.69) is 0 Å². The van der Waals surface area contributed by atoms with E-state index in [-0.39, 0.29) is 11.6 Å². The van der Waals surface area contributed by atoms with Gasteiger partial charge in [0, 0.05) is 29.2 Å². The number of amides is 1. The molecule has 1 aliphatic heterocycles. The number of aromatic nitrogens is 1. The van der Waals surface area contributed by atoms with Crippen LogP contribution in [0.15, 0.2) is 59.5 Å². The van der Waals surface area contributed by atoms with Crippen LogP contribution in [-0.4, -0.2) is 24.6 Å². The van der Waals surface area contributed by atoms with Crippen molar-refractivity contribution >= 4 is 46.0 Å². The van der Waals surface area contributed by atoms with Crippen LogP contribution in [0.5, 0.6) is 0 Å². The maximum Gasteiger partial charge on any atom is 0.269 e. The van der Waals surface area contributed by atoms with Crippen LogP contribution >= 0.6 is 24.0 Å². The highest BCUT2D eigenvalue weighted by atomic mass is 32.2. The first-order valence-corrected chi connectivity index (χ1v) is 11.2. The van der Waals surface area contributed by atoms with E-state index in [9.17, 15) is 14.9 Å². The van der Waals surface area contributed by atoms with E-state index in [1.54, 1.807) is 17.0 Å². The maximum absolute atomic E-state index is 13.0. The topological polar surface area (TPSA) is 68.4 Å². The summed E-state index contributed by atoms with van der Waals surface area (Å²) >= 11 is 6.78. The molecule has 162 valence electrons. The van der Waals surface area contributed by atoms with Crippen molar-refractivity contribution in [3.8, 4) is 5.69 Å². The molecule has 0 N–H and O–H groups in total. The summed E-state index contributed by atoms with van der Waals surface area (Å²) in [6, 6.07) is 16.5. The SMILES string of the molecule is Cc1ccc(CN2C(=O)/C(=C/c3cc(C)n(-c4ccc([N+](=O)[O-])cc4)c3C)SC2=S)cc1. The van der Waals surface area contributed by atoms with Gasteiger partial charge >= 0.3 is 0 Å². The van der Waals surface area contributed by atoms with Crippen LogP contribution in [-0.2, 0) is 11.3 Å². The lowest BCUT2D eigenvalue weighted by Gasteiger charge is -2.14. The molecule has 0 radical (unpaired) electrons. The number of carbonyl (C=O) groups is 1. The van der Waals surface area contributed by atoms with Gasteiger partial charge in [0.05, 0.1) is 16.4 Å². The standard InChI is InChI=1S/C24H21N3O3S2/c1-15-4-6-18(7-5-15)14-25-23(28)22(32-24(25)31)13-19-12-16(2)26(17(19)3)20-8-10-21(11-9-20)27(29)30/h4-13H,14H2,1-3H3/b22-13-. The van der Waals surface area contributed by atoms with Crippen LogP contribution in [0.3, 0.4) is 0 Å². The van der Waals surface area contributed by atoms with E-state index in [4.69, 9.17) is 12.2 Å². The Morgan fingerprint density at radius 3 is 2.34 bits per heavy atom. The Bertz CT molecular complexity index is 1260. The van der Waals surface area contributed by atoms with Gasteiger partial charge < -0.3 is 4.57 Å². The molecule has 2 aromatic carbocycles. The molecule has 0 spiro atoms. The number of thiocarbonyl (C=S) groups is 1. The molecule has 1 aromatic heterocycles. The highest BCUT2D eigenvalue weighted by Gasteiger charge is 2.32. The number of carbonyl (C=O) groups excluding carboxylic acids is 1. The zero-order valence-electron chi connectivity index (χ0n) is 17.9. The Balaban J connectivity index is 1.61. The summed E-state index contributed by atoms with van der Waals surface area (Å²) in [7, 11) is 0. The first kappa shape index (κ1) is 22.0.